The van der Waals surface area contributed by atoms with Gasteiger partial charge in [-0.25, -0.2) is 4.98 Å². The summed E-state index contributed by atoms with van der Waals surface area (Å²) in [6.07, 6.45) is 0. The number of pyridine rings is 1. The molecular formula is C15H18N4O2. The van der Waals surface area contributed by atoms with Crippen LogP contribution in [0.3, 0.4) is 0 Å². The number of benzene rings is 1. The van der Waals surface area contributed by atoms with E-state index in [0.717, 1.165) is 11.1 Å². The van der Waals surface area contributed by atoms with E-state index < -0.39 is 4.92 Å². The second-order valence-corrected chi connectivity index (χ2v) is 4.69. The maximum absolute atomic E-state index is 11.1. The quantitative estimate of drug-likeness (QED) is 0.629. The van der Waals surface area contributed by atoms with Crippen molar-refractivity contribution in [3.05, 3.63) is 57.6 Å². The zero-order chi connectivity index (χ0) is 15.2. The van der Waals surface area contributed by atoms with Crippen molar-refractivity contribution in [1.82, 2.24) is 4.98 Å². The summed E-state index contributed by atoms with van der Waals surface area (Å²) in [5.74, 6) is 0.898. The van der Waals surface area contributed by atoms with Gasteiger partial charge in [0.2, 0.25) is 5.82 Å². The first-order valence-corrected chi connectivity index (χ1v) is 6.79. The molecule has 0 fully saturated rings. The van der Waals surface area contributed by atoms with E-state index in [1.807, 2.05) is 38.1 Å². The highest BCUT2D eigenvalue weighted by atomic mass is 16.6. The molecule has 0 aliphatic carbocycles. The summed E-state index contributed by atoms with van der Waals surface area (Å²) in [4.78, 5) is 14.9. The van der Waals surface area contributed by atoms with Crippen LogP contribution in [0.4, 0.5) is 17.3 Å². The highest BCUT2D eigenvalue weighted by molar-refractivity contribution is 5.60. The van der Waals surface area contributed by atoms with Crippen LogP contribution in [0, 0.1) is 17.0 Å². The van der Waals surface area contributed by atoms with E-state index >= 15 is 0 Å². The number of rotatable bonds is 6. The van der Waals surface area contributed by atoms with Crippen LogP contribution in [0.5, 0.6) is 0 Å². The first-order chi connectivity index (χ1) is 10.1. The van der Waals surface area contributed by atoms with Crippen LogP contribution in [-0.2, 0) is 6.54 Å². The van der Waals surface area contributed by atoms with Gasteiger partial charge >= 0.3 is 5.69 Å². The molecule has 1 heterocycles. The fourth-order valence-corrected chi connectivity index (χ4v) is 2.02. The molecule has 0 aliphatic heterocycles. The van der Waals surface area contributed by atoms with Crippen LogP contribution in [-0.4, -0.2) is 16.5 Å². The summed E-state index contributed by atoms with van der Waals surface area (Å²) in [5, 5.41) is 17.2. The second-order valence-electron chi connectivity index (χ2n) is 4.69. The molecule has 0 unspecified atom stereocenters. The van der Waals surface area contributed by atoms with Gasteiger partial charge in [-0.1, -0.05) is 29.8 Å². The predicted octanol–water partition coefficient (Wildman–Crippen LogP) is 3.34. The van der Waals surface area contributed by atoms with Gasteiger partial charge in [-0.05, 0) is 25.5 Å². The Morgan fingerprint density at radius 3 is 2.71 bits per heavy atom. The number of nitrogens with one attached hydrogen (secondary N) is 2. The van der Waals surface area contributed by atoms with Crippen molar-refractivity contribution < 1.29 is 4.92 Å². The SMILES string of the molecule is CCNc1ccc([N+](=O)[O-])c(NCc2cccc(C)c2)n1. The van der Waals surface area contributed by atoms with Gasteiger partial charge in [0, 0.05) is 19.2 Å². The molecule has 1 aromatic heterocycles. The summed E-state index contributed by atoms with van der Waals surface area (Å²) in [6, 6.07) is 11.1. The van der Waals surface area contributed by atoms with E-state index in [2.05, 4.69) is 15.6 Å². The van der Waals surface area contributed by atoms with Crippen LogP contribution in [0.15, 0.2) is 36.4 Å². The molecular weight excluding hydrogens is 268 g/mol. The minimum Gasteiger partial charge on any atom is -0.370 e. The number of nitrogens with zero attached hydrogens (tertiary/aromatic N) is 2. The number of nitro groups is 1. The van der Waals surface area contributed by atoms with Crippen molar-refractivity contribution in [3.8, 4) is 0 Å². The van der Waals surface area contributed by atoms with Gasteiger partial charge in [-0.3, -0.25) is 10.1 Å². The molecule has 0 amide bonds. The van der Waals surface area contributed by atoms with Crippen LogP contribution in [0.2, 0.25) is 0 Å². The maximum atomic E-state index is 11.1. The molecule has 1 aromatic carbocycles. The molecule has 0 aliphatic rings. The van der Waals surface area contributed by atoms with E-state index in [0.29, 0.717) is 18.9 Å². The Morgan fingerprint density at radius 2 is 2.05 bits per heavy atom. The van der Waals surface area contributed by atoms with Crippen molar-refractivity contribution in [2.24, 2.45) is 0 Å². The molecule has 0 atom stereocenters. The Kier molecular flexibility index (Phi) is 4.71. The Labute approximate surface area is 123 Å². The van der Waals surface area contributed by atoms with Gasteiger partial charge < -0.3 is 10.6 Å². The van der Waals surface area contributed by atoms with Crippen molar-refractivity contribution in [1.29, 1.82) is 0 Å². The molecule has 6 nitrogen and oxygen atoms in total. The molecule has 2 aromatic rings. The average Bonchev–Trinajstić information content (AvgIpc) is 2.45. The van der Waals surface area contributed by atoms with Gasteiger partial charge in [0.15, 0.2) is 0 Å². The standard InChI is InChI=1S/C15H18N4O2/c1-3-16-14-8-7-13(19(20)21)15(18-14)17-10-12-6-4-5-11(2)9-12/h4-9H,3,10H2,1-2H3,(H2,16,17,18). The summed E-state index contributed by atoms with van der Waals surface area (Å²) < 4.78 is 0. The molecule has 0 bridgehead atoms. The molecule has 2 N–H and O–H groups in total. The Hall–Kier alpha value is -2.63. The van der Waals surface area contributed by atoms with Crippen LogP contribution in [0.25, 0.3) is 0 Å². The predicted molar refractivity (Wildman–Crippen MR) is 83.6 cm³/mol. The molecule has 0 spiro atoms. The highest BCUT2D eigenvalue weighted by Gasteiger charge is 2.15. The summed E-state index contributed by atoms with van der Waals surface area (Å²) in [7, 11) is 0. The third-order valence-corrected chi connectivity index (χ3v) is 2.97. The monoisotopic (exact) mass is 286 g/mol. The van der Waals surface area contributed by atoms with E-state index in [1.54, 1.807) is 6.07 Å². The van der Waals surface area contributed by atoms with Crippen LogP contribution >= 0.6 is 0 Å². The van der Waals surface area contributed by atoms with E-state index in [1.165, 1.54) is 6.07 Å². The normalized spacial score (nSPS) is 10.2. The van der Waals surface area contributed by atoms with Crippen molar-refractivity contribution in [2.75, 3.05) is 17.2 Å². The minimum absolute atomic E-state index is 0.0238. The van der Waals surface area contributed by atoms with E-state index in [-0.39, 0.29) is 11.5 Å². The smallest absolute Gasteiger partial charge is 0.311 e. The van der Waals surface area contributed by atoms with Gasteiger partial charge in [-0.15, -0.1) is 0 Å². The third-order valence-electron chi connectivity index (χ3n) is 2.97. The molecule has 2 rings (SSSR count). The number of aryl methyl sites for hydroxylation is 1. The number of hydrogen-bond acceptors (Lipinski definition) is 5. The van der Waals surface area contributed by atoms with Crippen LogP contribution < -0.4 is 10.6 Å². The second kappa shape index (κ2) is 6.69. The summed E-state index contributed by atoms with van der Waals surface area (Å²) in [5.41, 5.74) is 2.18. The third kappa shape index (κ3) is 3.92. The lowest BCUT2D eigenvalue weighted by Crippen LogP contribution is -2.07. The highest BCUT2D eigenvalue weighted by Crippen LogP contribution is 2.24. The van der Waals surface area contributed by atoms with Gasteiger partial charge in [0.05, 0.1) is 4.92 Å². The fourth-order valence-electron chi connectivity index (χ4n) is 2.02. The summed E-state index contributed by atoms with van der Waals surface area (Å²) >= 11 is 0. The zero-order valence-electron chi connectivity index (χ0n) is 12.1. The molecule has 21 heavy (non-hydrogen) atoms. The molecule has 0 radical (unpaired) electrons. The maximum Gasteiger partial charge on any atom is 0.311 e. The lowest BCUT2D eigenvalue weighted by Gasteiger charge is -2.09. The fraction of sp³-hybridized carbons (Fsp3) is 0.267. The van der Waals surface area contributed by atoms with E-state index in [4.69, 9.17) is 0 Å². The van der Waals surface area contributed by atoms with Gasteiger partial charge in [-0.2, -0.15) is 0 Å². The Morgan fingerprint density at radius 1 is 1.24 bits per heavy atom. The number of hydrogen-bond donors (Lipinski definition) is 2. The van der Waals surface area contributed by atoms with Crippen molar-refractivity contribution in [2.45, 2.75) is 20.4 Å². The van der Waals surface area contributed by atoms with Crippen molar-refractivity contribution in [3.63, 3.8) is 0 Å². The first-order valence-electron chi connectivity index (χ1n) is 6.79. The van der Waals surface area contributed by atoms with E-state index in [9.17, 15) is 10.1 Å². The lowest BCUT2D eigenvalue weighted by molar-refractivity contribution is -0.384. The average molecular weight is 286 g/mol. The molecule has 110 valence electrons. The first kappa shape index (κ1) is 14.8. The van der Waals surface area contributed by atoms with Gasteiger partial charge in [0.25, 0.3) is 0 Å². The molecule has 6 heteroatoms. The number of anilines is 2. The lowest BCUT2D eigenvalue weighted by atomic mass is 10.1. The zero-order valence-corrected chi connectivity index (χ0v) is 12.1. The largest absolute Gasteiger partial charge is 0.370 e. The molecule has 0 saturated carbocycles. The Balaban J connectivity index is 2.20. The Bertz CT molecular complexity index is 643. The topological polar surface area (TPSA) is 80.1 Å². The van der Waals surface area contributed by atoms with Crippen molar-refractivity contribution >= 4 is 17.3 Å². The molecule has 0 saturated heterocycles. The summed E-state index contributed by atoms with van der Waals surface area (Å²) in [6.45, 7) is 5.16. The number of aromatic nitrogens is 1. The van der Waals surface area contributed by atoms with Gasteiger partial charge in [0.1, 0.15) is 5.82 Å². The minimum atomic E-state index is -0.429. The van der Waals surface area contributed by atoms with Crippen LogP contribution in [0.1, 0.15) is 18.1 Å².